The van der Waals surface area contributed by atoms with Crippen LogP contribution in [0.4, 0.5) is 0 Å². The number of hydrogen-bond donors (Lipinski definition) is 0. The Balaban J connectivity index is 1.89. The van der Waals surface area contributed by atoms with E-state index >= 15 is 0 Å². The van der Waals surface area contributed by atoms with Crippen LogP contribution in [-0.2, 0) is 4.74 Å². The van der Waals surface area contributed by atoms with Crippen LogP contribution < -0.4 is 0 Å². The van der Waals surface area contributed by atoms with E-state index in [2.05, 4.69) is 37.3 Å². The molecule has 1 nitrogen and oxygen atoms in total. The smallest absolute Gasteiger partial charge is 0.0804 e. The van der Waals surface area contributed by atoms with Crippen molar-refractivity contribution >= 4 is 0 Å². The second-order valence-corrected chi connectivity index (χ2v) is 4.31. The molecule has 0 fully saturated rings. The molecule has 0 radical (unpaired) electrons. The molecule has 0 saturated carbocycles. The summed E-state index contributed by atoms with van der Waals surface area (Å²) in [5.41, 5.74) is 1.41. The van der Waals surface area contributed by atoms with Gasteiger partial charge in [-0.3, -0.25) is 0 Å². The molecular formula is C14H20O. The monoisotopic (exact) mass is 204 g/mol. The molecule has 15 heavy (non-hydrogen) atoms. The fourth-order valence-corrected chi connectivity index (χ4v) is 2.17. The van der Waals surface area contributed by atoms with Crippen LogP contribution in [0.2, 0.25) is 0 Å². The largest absolute Gasteiger partial charge is 0.367 e. The summed E-state index contributed by atoms with van der Waals surface area (Å²) in [6.45, 7) is 2.19. The molecule has 0 aromatic heterocycles. The van der Waals surface area contributed by atoms with Gasteiger partial charge in [0.1, 0.15) is 0 Å². The Morgan fingerprint density at radius 3 is 3.00 bits per heavy atom. The lowest BCUT2D eigenvalue weighted by atomic mass is 10.0. The lowest BCUT2D eigenvalue weighted by molar-refractivity contribution is 0.0341. The molecule has 2 unspecified atom stereocenters. The summed E-state index contributed by atoms with van der Waals surface area (Å²) in [5.74, 6) is 0. The van der Waals surface area contributed by atoms with Gasteiger partial charge in [0.2, 0.25) is 0 Å². The fraction of sp³-hybridized carbons (Fsp3) is 0.571. The molecule has 2 aliphatic carbocycles. The molecule has 82 valence electrons. The minimum atomic E-state index is 0.303. The Kier molecular flexibility index (Phi) is 3.79. The molecular weight excluding hydrogens is 184 g/mol. The average molecular weight is 204 g/mol. The number of rotatable bonds is 3. The van der Waals surface area contributed by atoms with Gasteiger partial charge in [-0.2, -0.15) is 0 Å². The van der Waals surface area contributed by atoms with Crippen LogP contribution in [0.5, 0.6) is 0 Å². The SMILES string of the molecule is CCC1=CC(OC2C=CCCC2)CC=C1. The predicted molar refractivity (Wildman–Crippen MR) is 63.8 cm³/mol. The second kappa shape index (κ2) is 5.32. The van der Waals surface area contributed by atoms with E-state index in [1.165, 1.54) is 24.8 Å². The third-order valence-electron chi connectivity index (χ3n) is 3.07. The Bertz CT molecular complexity index is 286. The molecule has 0 aromatic carbocycles. The van der Waals surface area contributed by atoms with Crippen LogP contribution in [0.15, 0.2) is 36.0 Å². The van der Waals surface area contributed by atoms with Gasteiger partial charge in [-0.1, -0.05) is 42.9 Å². The third kappa shape index (κ3) is 3.07. The van der Waals surface area contributed by atoms with Crippen LogP contribution in [0, 0.1) is 0 Å². The lowest BCUT2D eigenvalue weighted by Crippen LogP contribution is -2.21. The summed E-state index contributed by atoms with van der Waals surface area (Å²) in [7, 11) is 0. The van der Waals surface area contributed by atoms with Crippen LogP contribution in [0.3, 0.4) is 0 Å². The molecule has 0 spiro atoms. The molecule has 0 saturated heterocycles. The van der Waals surface area contributed by atoms with E-state index in [0.29, 0.717) is 12.2 Å². The van der Waals surface area contributed by atoms with Crippen molar-refractivity contribution in [3.8, 4) is 0 Å². The first kappa shape index (κ1) is 10.7. The molecule has 0 heterocycles. The van der Waals surface area contributed by atoms with E-state index in [-0.39, 0.29) is 0 Å². The molecule has 0 aromatic rings. The van der Waals surface area contributed by atoms with E-state index in [4.69, 9.17) is 4.74 Å². The third-order valence-corrected chi connectivity index (χ3v) is 3.07. The summed E-state index contributed by atoms with van der Waals surface area (Å²) in [5, 5.41) is 0. The van der Waals surface area contributed by atoms with Gasteiger partial charge in [0, 0.05) is 0 Å². The van der Waals surface area contributed by atoms with Crippen LogP contribution >= 0.6 is 0 Å². The van der Waals surface area contributed by atoms with Crippen molar-refractivity contribution in [2.24, 2.45) is 0 Å². The summed E-state index contributed by atoms with van der Waals surface area (Å²) < 4.78 is 6.05. The first-order valence-electron chi connectivity index (χ1n) is 6.08. The van der Waals surface area contributed by atoms with E-state index in [1.54, 1.807) is 0 Å². The number of allylic oxidation sites excluding steroid dienone is 3. The highest BCUT2D eigenvalue weighted by molar-refractivity contribution is 5.24. The quantitative estimate of drug-likeness (QED) is 0.636. The zero-order valence-electron chi connectivity index (χ0n) is 9.49. The molecule has 1 heteroatoms. The fourth-order valence-electron chi connectivity index (χ4n) is 2.17. The minimum Gasteiger partial charge on any atom is -0.367 e. The topological polar surface area (TPSA) is 9.23 Å². The van der Waals surface area contributed by atoms with Gasteiger partial charge >= 0.3 is 0 Å². The average Bonchev–Trinajstić information content (AvgIpc) is 2.31. The van der Waals surface area contributed by atoms with Crippen molar-refractivity contribution in [1.29, 1.82) is 0 Å². The summed E-state index contributed by atoms with van der Waals surface area (Å²) >= 11 is 0. The maximum Gasteiger partial charge on any atom is 0.0804 e. The van der Waals surface area contributed by atoms with Crippen molar-refractivity contribution in [3.05, 3.63) is 36.0 Å². The van der Waals surface area contributed by atoms with Gasteiger partial charge in [-0.25, -0.2) is 0 Å². The van der Waals surface area contributed by atoms with Gasteiger partial charge in [-0.15, -0.1) is 0 Å². The maximum absolute atomic E-state index is 6.05. The standard InChI is InChI=1S/C14H20O/c1-2-12-7-6-10-14(11-12)15-13-8-4-3-5-9-13/h4,6-8,11,13-14H,2-3,5,9-10H2,1H3. The van der Waals surface area contributed by atoms with E-state index in [9.17, 15) is 0 Å². The Labute approximate surface area is 92.5 Å². The van der Waals surface area contributed by atoms with Crippen LogP contribution in [0.1, 0.15) is 39.0 Å². The van der Waals surface area contributed by atoms with Crippen molar-refractivity contribution in [1.82, 2.24) is 0 Å². The Morgan fingerprint density at radius 2 is 2.27 bits per heavy atom. The highest BCUT2D eigenvalue weighted by Crippen LogP contribution is 2.21. The minimum absolute atomic E-state index is 0.303. The molecule has 0 amide bonds. The Morgan fingerprint density at radius 1 is 1.33 bits per heavy atom. The van der Waals surface area contributed by atoms with E-state index in [1.807, 2.05) is 0 Å². The lowest BCUT2D eigenvalue weighted by Gasteiger charge is -2.24. The zero-order chi connectivity index (χ0) is 10.5. The molecule has 0 N–H and O–H groups in total. The summed E-state index contributed by atoms with van der Waals surface area (Å²) in [4.78, 5) is 0. The highest BCUT2D eigenvalue weighted by atomic mass is 16.5. The van der Waals surface area contributed by atoms with Crippen LogP contribution in [-0.4, -0.2) is 12.2 Å². The maximum atomic E-state index is 6.05. The second-order valence-electron chi connectivity index (χ2n) is 4.31. The van der Waals surface area contributed by atoms with Crippen molar-refractivity contribution in [3.63, 3.8) is 0 Å². The normalized spacial score (nSPS) is 30.3. The number of hydrogen-bond acceptors (Lipinski definition) is 1. The van der Waals surface area contributed by atoms with Gasteiger partial charge in [0.15, 0.2) is 0 Å². The molecule has 2 aliphatic rings. The summed E-state index contributed by atoms with van der Waals surface area (Å²) in [6.07, 6.45) is 17.7. The van der Waals surface area contributed by atoms with Crippen LogP contribution in [0.25, 0.3) is 0 Å². The Hall–Kier alpha value is -0.820. The van der Waals surface area contributed by atoms with Gasteiger partial charge in [0.05, 0.1) is 12.2 Å². The van der Waals surface area contributed by atoms with E-state index in [0.717, 1.165) is 12.8 Å². The molecule has 2 rings (SSSR count). The van der Waals surface area contributed by atoms with Crippen molar-refractivity contribution in [2.45, 2.75) is 51.2 Å². The molecule has 2 atom stereocenters. The van der Waals surface area contributed by atoms with Crippen molar-refractivity contribution in [2.75, 3.05) is 0 Å². The predicted octanol–water partition coefficient (Wildman–Crippen LogP) is 3.78. The molecule has 0 aliphatic heterocycles. The summed E-state index contributed by atoms with van der Waals surface area (Å²) in [6, 6.07) is 0. The number of ether oxygens (including phenoxy) is 1. The van der Waals surface area contributed by atoms with Gasteiger partial charge < -0.3 is 4.74 Å². The van der Waals surface area contributed by atoms with Crippen molar-refractivity contribution < 1.29 is 4.74 Å². The first-order valence-corrected chi connectivity index (χ1v) is 6.08. The first-order chi connectivity index (χ1) is 7.38. The highest BCUT2D eigenvalue weighted by Gasteiger charge is 2.15. The molecule has 0 bridgehead atoms. The van der Waals surface area contributed by atoms with Gasteiger partial charge in [0.25, 0.3) is 0 Å². The zero-order valence-corrected chi connectivity index (χ0v) is 9.49. The van der Waals surface area contributed by atoms with E-state index < -0.39 is 0 Å². The van der Waals surface area contributed by atoms with Gasteiger partial charge in [-0.05, 0) is 32.1 Å².